The first kappa shape index (κ1) is 27.0. The van der Waals surface area contributed by atoms with Crippen LogP contribution < -0.4 is 10.9 Å². The van der Waals surface area contributed by atoms with Gasteiger partial charge in [0.05, 0.1) is 4.91 Å². The highest BCUT2D eigenvalue weighted by Gasteiger charge is 2.32. The maximum Gasteiger partial charge on any atom is 0.270 e. The fourth-order valence-corrected chi connectivity index (χ4v) is 5.26. The number of carbonyl (C=O) groups is 1. The Balaban J connectivity index is 2.03. The summed E-state index contributed by atoms with van der Waals surface area (Å²) >= 11 is 13.0. The van der Waals surface area contributed by atoms with E-state index in [1.165, 1.54) is 16.3 Å². The second kappa shape index (κ2) is 12.4. The molecule has 1 aromatic carbocycles. The molecule has 7 nitrogen and oxygen atoms in total. The number of pyridine rings is 1. The lowest BCUT2D eigenvalue weighted by Crippen LogP contribution is -2.30. The maximum atomic E-state index is 13.1. The van der Waals surface area contributed by atoms with Gasteiger partial charge in [-0.15, -0.1) is 0 Å². The molecule has 1 N–H and O–H groups in total. The van der Waals surface area contributed by atoms with Gasteiger partial charge in [0, 0.05) is 43.4 Å². The first-order chi connectivity index (χ1) is 16.8. The highest BCUT2D eigenvalue weighted by Crippen LogP contribution is 2.35. The number of carbonyl (C=O) groups excluding carboxylic acids is 1. The zero-order chi connectivity index (χ0) is 25.5. The second-order valence-electron chi connectivity index (χ2n) is 7.75. The number of ether oxygens (including phenoxy) is 1. The predicted octanol–water partition coefficient (Wildman–Crippen LogP) is 4.94. The minimum atomic E-state index is -0.380. The molecule has 0 spiro atoms. The Morgan fingerprint density at radius 2 is 2.03 bits per heavy atom. The molecule has 184 valence electrons. The molecule has 10 heteroatoms. The molecule has 35 heavy (non-hydrogen) atoms. The summed E-state index contributed by atoms with van der Waals surface area (Å²) < 4.78 is 7.36. The van der Waals surface area contributed by atoms with Crippen LogP contribution in [0.4, 0.5) is 5.82 Å². The number of thiocarbonyl (C=S) groups is 1. The molecule has 2 aromatic rings. The number of nitriles is 1. The van der Waals surface area contributed by atoms with Gasteiger partial charge in [-0.1, -0.05) is 53.8 Å². The third-order valence-electron chi connectivity index (χ3n) is 5.62. The third-order valence-corrected chi connectivity index (χ3v) is 7.37. The molecular formula is C25H27ClN4O3S2. The van der Waals surface area contributed by atoms with Gasteiger partial charge < -0.3 is 10.1 Å². The average Bonchev–Trinajstić information content (AvgIpc) is 3.10. The van der Waals surface area contributed by atoms with Gasteiger partial charge in [0.1, 0.15) is 21.8 Å². The Kier molecular flexibility index (Phi) is 9.52. The molecule has 1 aliphatic rings. The van der Waals surface area contributed by atoms with E-state index in [1.54, 1.807) is 24.0 Å². The number of nitrogens with zero attached hydrogens (tertiary/aromatic N) is 3. The van der Waals surface area contributed by atoms with Crippen LogP contribution in [-0.4, -0.2) is 39.5 Å². The Morgan fingerprint density at radius 3 is 2.69 bits per heavy atom. The molecule has 0 atom stereocenters. The van der Waals surface area contributed by atoms with Gasteiger partial charge in [-0.05, 0) is 50.5 Å². The lowest BCUT2D eigenvalue weighted by molar-refractivity contribution is -0.122. The maximum absolute atomic E-state index is 13.1. The fourth-order valence-electron chi connectivity index (χ4n) is 3.77. The van der Waals surface area contributed by atoms with Gasteiger partial charge in [-0.25, -0.2) is 0 Å². The highest BCUT2D eigenvalue weighted by atomic mass is 35.5. The summed E-state index contributed by atoms with van der Waals surface area (Å²) in [6.07, 6.45) is 2.40. The standard InChI is InChI=1S/C25H27ClN4O3S2/c1-4-29-22(28-15-17-9-6-7-10-20(17)26)18(16(3)19(14-27)23(29)31)13-21-24(32)30(25(34)35-21)11-8-12-33-5-2/h6-7,9-10,13,28H,4-5,8,11-12,15H2,1-3H3/b21-13+. The van der Waals surface area contributed by atoms with E-state index in [9.17, 15) is 14.9 Å². The SMILES string of the molecule is CCOCCCN1C(=O)/C(=C\c2c(C)c(C#N)c(=O)n(CC)c2NCc2ccccc2Cl)SC1=S. The molecule has 0 bridgehead atoms. The minimum absolute atomic E-state index is 0.0496. The molecule has 0 radical (unpaired) electrons. The number of aromatic nitrogens is 1. The van der Waals surface area contributed by atoms with Crippen LogP contribution in [0, 0.1) is 18.3 Å². The monoisotopic (exact) mass is 530 g/mol. The number of anilines is 1. The summed E-state index contributed by atoms with van der Waals surface area (Å²) in [4.78, 5) is 28.2. The summed E-state index contributed by atoms with van der Waals surface area (Å²) in [7, 11) is 0. The van der Waals surface area contributed by atoms with Crippen LogP contribution in [0.1, 0.15) is 42.5 Å². The molecule has 0 unspecified atom stereocenters. The number of rotatable bonds is 10. The Morgan fingerprint density at radius 1 is 1.29 bits per heavy atom. The van der Waals surface area contributed by atoms with Gasteiger partial charge >= 0.3 is 0 Å². The third kappa shape index (κ3) is 5.96. The van der Waals surface area contributed by atoms with E-state index >= 15 is 0 Å². The summed E-state index contributed by atoms with van der Waals surface area (Å²) in [6.45, 7) is 7.82. The van der Waals surface area contributed by atoms with Crippen molar-refractivity contribution in [2.45, 2.75) is 40.3 Å². The predicted molar refractivity (Wildman–Crippen MR) is 146 cm³/mol. The topological polar surface area (TPSA) is 87.4 Å². The summed E-state index contributed by atoms with van der Waals surface area (Å²) in [5.41, 5.74) is 1.64. The Bertz CT molecular complexity index is 1270. The molecule has 0 saturated carbocycles. The van der Waals surface area contributed by atoms with Crippen molar-refractivity contribution in [1.29, 1.82) is 5.26 Å². The van der Waals surface area contributed by atoms with Crippen molar-refractivity contribution >= 4 is 57.7 Å². The number of halogens is 1. The lowest BCUT2D eigenvalue weighted by Gasteiger charge is -2.19. The van der Waals surface area contributed by atoms with Crippen LogP contribution in [-0.2, 0) is 22.6 Å². The van der Waals surface area contributed by atoms with Gasteiger partial charge in [0.2, 0.25) is 0 Å². The second-order valence-corrected chi connectivity index (χ2v) is 9.84. The number of nitrogens with one attached hydrogen (secondary N) is 1. The van der Waals surface area contributed by atoms with Crippen molar-refractivity contribution in [3.8, 4) is 6.07 Å². The molecule has 0 aliphatic carbocycles. The van der Waals surface area contributed by atoms with Crippen molar-refractivity contribution in [3.05, 3.63) is 66.8 Å². The van der Waals surface area contributed by atoms with Crippen LogP contribution in [0.5, 0.6) is 0 Å². The minimum Gasteiger partial charge on any atom is -0.382 e. The van der Waals surface area contributed by atoms with E-state index in [-0.39, 0.29) is 17.0 Å². The number of benzene rings is 1. The quantitative estimate of drug-likeness (QED) is 0.264. The summed E-state index contributed by atoms with van der Waals surface area (Å²) in [5.74, 6) is 0.330. The van der Waals surface area contributed by atoms with Crippen molar-refractivity contribution in [3.63, 3.8) is 0 Å². The highest BCUT2D eigenvalue weighted by molar-refractivity contribution is 8.26. The molecular weight excluding hydrogens is 504 g/mol. The van der Waals surface area contributed by atoms with Gasteiger partial charge in [0.15, 0.2) is 0 Å². The lowest BCUT2D eigenvalue weighted by atomic mass is 10.0. The first-order valence-electron chi connectivity index (χ1n) is 11.3. The Hall–Kier alpha value is -2.64. The molecule has 3 rings (SSSR count). The zero-order valence-corrected chi connectivity index (χ0v) is 22.3. The first-order valence-corrected chi connectivity index (χ1v) is 12.9. The number of hydrogen-bond donors (Lipinski definition) is 1. The fraction of sp³-hybridized carbons (Fsp3) is 0.360. The number of amides is 1. The van der Waals surface area contributed by atoms with Gasteiger partial charge in [-0.2, -0.15) is 5.26 Å². The van der Waals surface area contributed by atoms with Crippen LogP contribution >= 0.6 is 35.6 Å². The van der Waals surface area contributed by atoms with Crippen molar-refractivity contribution in [2.24, 2.45) is 0 Å². The number of thioether (sulfide) groups is 1. The van der Waals surface area contributed by atoms with Gasteiger partial charge in [0.25, 0.3) is 11.5 Å². The van der Waals surface area contributed by atoms with Crippen molar-refractivity contribution < 1.29 is 9.53 Å². The van der Waals surface area contributed by atoms with Crippen LogP contribution in [0.25, 0.3) is 6.08 Å². The van der Waals surface area contributed by atoms with E-state index in [2.05, 4.69) is 5.32 Å². The van der Waals surface area contributed by atoms with E-state index in [0.717, 1.165) is 5.56 Å². The molecule has 1 fully saturated rings. The normalized spacial score (nSPS) is 14.6. The van der Waals surface area contributed by atoms with Crippen molar-refractivity contribution in [2.75, 3.05) is 25.1 Å². The van der Waals surface area contributed by atoms with Crippen molar-refractivity contribution in [1.82, 2.24) is 9.47 Å². The summed E-state index contributed by atoms with van der Waals surface area (Å²) in [5, 5.41) is 13.6. The smallest absolute Gasteiger partial charge is 0.270 e. The zero-order valence-electron chi connectivity index (χ0n) is 19.9. The van der Waals surface area contributed by atoms with Crippen LogP contribution in [0.15, 0.2) is 34.0 Å². The Labute approximate surface area is 219 Å². The van der Waals surface area contributed by atoms with E-state index in [1.807, 2.05) is 38.1 Å². The molecule has 1 amide bonds. The summed E-state index contributed by atoms with van der Waals surface area (Å²) in [6, 6.07) is 9.46. The average molecular weight is 531 g/mol. The van der Waals surface area contributed by atoms with Crippen LogP contribution in [0.3, 0.4) is 0 Å². The van der Waals surface area contributed by atoms with Crippen LogP contribution in [0.2, 0.25) is 5.02 Å². The van der Waals surface area contributed by atoms with E-state index in [4.69, 9.17) is 28.6 Å². The van der Waals surface area contributed by atoms with E-state index < -0.39 is 0 Å². The largest absolute Gasteiger partial charge is 0.382 e. The molecule has 1 aromatic heterocycles. The van der Waals surface area contributed by atoms with E-state index in [0.29, 0.717) is 70.5 Å². The molecule has 1 saturated heterocycles. The van der Waals surface area contributed by atoms with Gasteiger partial charge in [-0.3, -0.25) is 19.1 Å². The molecule has 2 heterocycles. The molecule has 1 aliphatic heterocycles. The number of hydrogen-bond acceptors (Lipinski definition) is 7.